The summed E-state index contributed by atoms with van der Waals surface area (Å²) in [6, 6.07) is 0. The number of aromatic nitrogens is 2. The van der Waals surface area contributed by atoms with E-state index in [1.54, 1.807) is 6.20 Å². The summed E-state index contributed by atoms with van der Waals surface area (Å²) in [4.78, 5) is 15.5. The summed E-state index contributed by atoms with van der Waals surface area (Å²) in [5.41, 5.74) is 0.839. The fourth-order valence-corrected chi connectivity index (χ4v) is 2.70. The van der Waals surface area contributed by atoms with Crippen LogP contribution < -0.4 is 0 Å². The summed E-state index contributed by atoms with van der Waals surface area (Å²) in [6.45, 7) is 2.25. The van der Waals surface area contributed by atoms with Gasteiger partial charge >= 0.3 is 5.97 Å². The molecule has 1 N–H and O–H groups in total. The van der Waals surface area contributed by atoms with Crippen LogP contribution in [0.2, 0.25) is 0 Å². The fourth-order valence-electron chi connectivity index (χ4n) is 2.70. The summed E-state index contributed by atoms with van der Waals surface area (Å²) >= 11 is 0. The van der Waals surface area contributed by atoms with Crippen molar-refractivity contribution in [2.45, 2.75) is 84.0 Å². The predicted molar refractivity (Wildman–Crippen MR) is 90.7 cm³/mol. The molecule has 132 valence electrons. The summed E-state index contributed by atoms with van der Waals surface area (Å²) in [7, 11) is 1.33. The number of imidazole rings is 1. The van der Waals surface area contributed by atoms with Gasteiger partial charge in [-0.1, -0.05) is 64.7 Å². The van der Waals surface area contributed by atoms with Crippen LogP contribution in [0, 0.1) is 0 Å². The lowest BCUT2D eigenvalue weighted by atomic mass is 10.1. The van der Waals surface area contributed by atoms with Crippen molar-refractivity contribution in [2.24, 2.45) is 0 Å². The van der Waals surface area contributed by atoms with Crippen molar-refractivity contribution >= 4 is 5.97 Å². The Morgan fingerprint density at radius 1 is 1.09 bits per heavy atom. The van der Waals surface area contributed by atoms with Gasteiger partial charge in [-0.15, -0.1) is 0 Å². The predicted octanol–water partition coefficient (Wildman–Crippen LogP) is 4.30. The molecule has 1 aromatic heterocycles. The number of unbranched alkanes of at least 4 members (excludes halogenated alkanes) is 9. The molecular formula is C18H32N2O3. The molecule has 0 saturated carbocycles. The molecule has 0 radical (unpaired) electrons. The third-order valence-corrected chi connectivity index (χ3v) is 4.13. The van der Waals surface area contributed by atoms with E-state index in [1.165, 1.54) is 64.9 Å². The van der Waals surface area contributed by atoms with Crippen LogP contribution in [0.15, 0.2) is 6.20 Å². The van der Waals surface area contributed by atoms with Crippen molar-refractivity contribution in [3.8, 4) is 0 Å². The van der Waals surface area contributed by atoms with Crippen molar-refractivity contribution in [2.75, 3.05) is 7.11 Å². The lowest BCUT2D eigenvalue weighted by Crippen LogP contribution is -2.09. The van der Waals surface area contributed by atoms with Crippen molar-refractivity contribution in [3.63, 3.8) is 0 Å². The molecule has 0 spiro atoms. The number of carbonyl (C=O) groups excluding carboxylic acids is 1. The highest BCUT2D eigenvalue weighted by Gasteiger charge is 2.11. The van der Waals surface area contributed by atoms with Gasteiger partial charge in [0.2, 0.25) is 0 Å². The number of rotatable bonds is 13. The lowest BCUT2D eigenvalue weighted by molar-refractivity contribution is -0.140. The average molecular weight is 324 g/mol. The molecule has 0 bridgehead atoms. The molecule has 5 nitrogen and oxygen atoms in total. The fraction of sp³-hybridized carbons (Fsp3) is 0.778. The lowest BCUT2D eigenvalue weighted by Gasteiger charge is -2.01. The number of carbonyl (C=O) groups is 1. The van der Waals surface area contributed by atoms with Gasteiger partial charge < -0.3 is 9.94 Å². The quantitative estimate of drug-likeness (QED) is 0.334. The van der Waals surface area contributed by atoms with Crippen molar-refractivity contribution in [1.82, 2.24) is 9.71 Å². The zero-order valence-corrected chi connectivity index (χ0v) is 14.7. The first-order valence-electron chi connectivity index (χ1n) is 9.00. The topological polar surface area (TPSA) is 64.4 Å². The summed E-state index contributed by atoms with van der Waals surface area (Å²) in [6.07, 6.45) is 15.4. The van der Waals surface area contributed by atoms with Crippen LogP contribution in [-0.4, -0.2) is 28.0 Å². The maximum absolute atomic E-state index is 11.2. The number of hydrogen-bond acceptors (Lipinski definition) is 4. The molecule has 0 saturated heterocycles. The van der Waals surface area contributed by atoms with E-state index in [9.17, 15) is 10.0 Å². The number of aryl methyl sites for hydroxylation is 1. The minimum Gasteiger partial charge on any atom is -0.469 e. The van der Waals surface area contributed by atoms with E-state index in [1.807, 2.05) is 0 Å². The standard InChI is InChI=1S/C18H32N2O3/c1-3-4-5-6-7-8-9-10-11-12-13-16-15-20(22)17(19-16)14-18(21)23-2/h15,22H,3-14H2,1-2H3. The van der Waals surface area contributed by atoms with Gasteiger partial charge in [0.15, 0.2) is 5.82 Å². The molecule has 1 aromatic rings. The Bertz CT molecular complexity index is 443. The van der Waals surface area contributed by atoms with Crippen LogP contribution in [0.3, 0.4) is 0 Å². The van der Waals surface area contributed by atoms with Gasteiger partial charge in [0, 0.05) is 0 Å². The molecule has 5 heteroatoms. The van der Waals surface area contributed by atoms with Gasteiger partial charge in [0.05, 0.1) is 19.0 Å². The smallest absolute Gasteiger partial charge is 0.313 e. The number of nitrogens with zero attached hydrogens (tertiary/aromatic N) is 2. The zero-order chi connectivity index (χ0) is 16.9. The molecule has 0 aliphatic heterocycles. The van der Waals surface area contributed by atoms with Crippen LogP contribution in [0.25, 0.3) is 0 Å². The Morgan fingerprint density at radius 2 is 1.65 bits per heavy atom. The Hall–Kier alpha value is -1.52. The Labute approximate surface area is 140 Å². The van der Waals surface area contributed by atoms with E-state index in [4.69, 9.17) is 0 Å². The second-order valence-electron chi connectivity index (χ2n) is 6.18. The molecule has 0 amide bonds. The minimum atomic E-state index is -0.392. The maximum Gasteiger partial charge on any atom is 0.313 e. The molecule has 0 atom stereocenters. The Morgan fingerprint density at radius 3 is 2.22 bits per heavy atom. The Balaban J connectivity index is 2.07. The van der Waals surface area contributed by atoms with Gasteiger partial charge in [-0.3, -0.25) is 4.79 Å². The monoisotopic (exact) mass is 324 g/mol. The van der Waals surface area contributed by atoms with Gasteiger partial charge in [0.1, 0.15) is 6.42 Å². The average Bonchev–Trinajstić information content (AvgIpc) is 2.89. The second kappa shape index (κ2) is 12.0. The Kier molecular flexibility index (Phi) is 10.2. The molecule has 0 aromatic carbocycles. The van der Waals surface area contributed by atoms with E-state index < -0.39 is 5.97 Å². The first-order chi connectivity index (χ1) is 11.2. The van der Waals surface area contributed by atoms with Gasteiger partial charge in [-0.25, -0.2) is 4.98 Å². The number of hydrogen-bond donors (Lipinski definition) is 1. The highest BCUT2D eigenvalue weighted by atomic mass is 16.5. The van der Waals surface area contributed by atoms with Gasteiger partial charge in [-0.05, 0) is 12.8 Å². The van der Waals surface area contributed by atoms with E-state index >= 15 is 0 Å². The highest BCUT2D eigenvalue weighted by Crippen LogP contribution is 2.12. The summed E-state index contributed by atoms with van der Waals surface area (Å²) in [5.74, 6) is -0.0460. The maximum atomic E-state index is 11.2. The molecule has 1 rings (SSSR count). The van der Waals surface area contributed by atoms with Crippen LogP contribution >= 0.6 is 0 Å². The number of methoxy groups -OCH3 is 1. The minimum absolute atomic E-state index is 0.00499. The summed E-state index contributed by atoms with van der Waals surface area (Å²) in [5, 5.41) is 9.68. The molecule has 23 heavy (non-hydrogen) atoms. The third kappa shape index (κ3) is 8.62. The van der Waals surface area contributed by atoms with Crippen molar-refractivity contribution in [3.05, 3.63) is 17.7 Å². The zero-order valence-electron chi connectivity index (χ0n) is 14.7. The van der Waals surface area contributed by atoms with Crippen LogP contribution in [0.4, 0.5) is 0 Å². The molecule has 0 fully saturated rings. The van der Waals surface area contributed by atoms with Gasteiger partial charge in [-0.2, -0.15) is 4.73 Å². The van der Waals surface area contributed by atoms with Crippen LogP contribution in [-0.2, 0) is 22.4 Å². The second-order valence-corrected chi connectivity index (χ2v) is 6.18. The van der Waals surface area contributed by atoms with Crippen molar-refractivity contribution < 1.29 is 14.7 Å². The van der Waals surface area contributed by atoms with Gasteiger partial charge in [0.25, 0.3) is 0 Å². The first kappa shape index (κ1) is 19.5. The first-order valence-corrected chi connectivity index (χ1v) is 9.00. The molecule has 0 aliphatic carbocycles. The van der Waals surface area contributed by atoms with E-state index in [-0.39, 0.29) is 6.42 Å². The normalized spacial score (nSPS) is 10.9. The third-order valence-electron chi connectivity index (χ3n) is 4.13. The van der Waals surface area contributed by atoms with E-state index in [2.05, 4.69) is 16.6 Å². The molecular weight excluding hydrogens is 292 g/mol. The SMILES string of the molecule is CCCCCCCCCCCCc1cn(O)c(CC(=O)OC)n1. The highest BCUT2D eigenvalue weighted by molar-refractivity contribution is 5.71. The van der Waals surface area contributed by atoms with Crippen LogP contribution in [0.1, 0.15) is 82.7 Å². The van der Waals surface area contributed by atoms with E-state index in [0.29, 0.717) is 5.82 Å². The van der Waals surface area contributed by atoms with Crippen molar-refractivity contribution in [1.29, 1.82) is 0 Å². The number of ether oxygens (including phenoxy) is 1. The summed E-state index contributed by atoms with van der Waals surface area (Å²) < 4.78 is 5.51. The molecule has 1 heterocycles. The molecule has 0 aliphatic rings. The van der Waals surface area contributed by atoms with Crippen LogP contribution in [0.5, 0.6) is 0 Å². The van der Waals surface area contributed by atoms with E-state index in [0.717, 1.165) is 23.3 Å². The molecule has 0 unspecified atom stereocenters. The largest absolute Gasteiger partial charge is 0.469 e. The number of esters is 1.